The first-order chi connectivity index (χ1) is 13.3. The minimum Gasteiger partial charge on any atom is -0.455 e. The summed E-state index contributed by atoms with van der Waals surface area (Å²) in [6.45, 7) is 8.01. The molecule has 0 spiro atoms. The van der Waals surface area contributed by atoms with Crippen molar-refractivity contribution in [2.24, 2.45) is 0 Å². The van der Waals surface area contributed by atoms with Crippen molar-refractivity contribution in [3.63, 3.8) is 0 Å². The molecular formula is C24H26FNO2. The number of halogens is 1. The van der Waals surface area contributed by atoms with E-state index in [4.69, 9.17) is 4.74 Å². The lowest BCUT2D eigenvalue weighted by atomic mass is 9.99. The van der Waals surface area contributed by atoms with E-state index in [1.54, 1.807) is 18.2 Å². The summed E-state index contributed by atoms with van der Waals surface area (Å²) in [7, 11) is 0. The minimum absolute atomic E-state index is 0.348. The number of esters is 1. The Morgan fingerprint density at radius 3 is 2.29 bits per heavy atom. The van der Waals surface area contributed by atoms with Crippen LogP contribution in [0.2, 0.25) is 0 Å². The Labute approximate surface area is 165 Å². The monoisotopic (exact) mass is 379 g/mol. The number of hydrogen-bond donors (Lipinski definition) is 0. The third kappa shape index (κ3) is 4.33. The molecule has 28 heavy (non-hydrogen) atoms. The van der Waals surface area contributed by atoms with Gasteiger partial charge in [-0.1, -0.05) is 55.5 Å². The van der Waals surface area contributed by atoms with Gasteiger partial charge in [-0.25, -0.2) is 9.18 Å². The molecule has 0 N–H and O–H groups in total. The van der Waals surface area contributed by atoms with Crippen LogP contribution in [0.15, 0.2) is 60.8 Å². The van der Waals surface area contributed by atoms with Crippen LogP contribution in [-0.4, -0.2) is 16.1 Å². The van der Waals surface area contributed by atoms with Gasteiger partial charge in [-0.15, -0.1) is 0 Å². The summed E-state index contributed by atoms with van der Waals surface area (Å²) in [5.41, 5.74) is 2.77. The highest BCUT2D eigenvalue weighted by Gasteiger charge is 2.28. The molecule has 1 aromatic heterocycles. The second-order valence-electron chi connectivity index (χ2n) is 7.83. The van der Waals surface area contributed by atoms with Crippen molar-refractivity contribution >= 4 is 5.97 Å². The Morgan fingerprint density at radius 1 is 1.04 bits per heavy atom. The van der Waals surface area contributed by atoms with Gasteiger partial charge in [-0.2, -0.15) is 0 Å². The van der Waals surface area contributed by atoms with Crippen molar-refractivity contribution in [1.29, 1.82) is 0 Å². The number of carbonyl (C=O) groups excluding carboxylic acids is 1. The number of benzene rings is 2. The van der Waals surface area contributed by atoms with Gasteiger partial charge in [0.25, 0.3) is 0 Å². The second kappa shape index (κ2) is 8.01. The maximum absolute atomic E-state index is 14.6. The average molecular weight is 379 g/mol. The molecular weight excluding hydrogens is 353 g/mol. The van der Waals surface area contributed by atoms with E-state index in [1.165, 1.54) is 6.07 Å². The molecule has 146 valence electrons. The molecule has 2 aromatic carbocycles. The predicted molar refractivity (Wildman–Crippen MR) is 110 cm³/mol. The number of ether oxygens (including phenoxy) is 1. The molecule has 0 aliphatic carbocycles. The minimum atomic E-state index is -0.641. The van der Waals surface area contributed by atoms with Crippen molar-refractivity contribution in [3.8, 4) is 11.1 Å². The molecule has 4 heteroatoms. The van der Waals surface area contributed by atoms with Crippen LogP contribution in [0.25, 0.3) is 11.1 Å². The highest BCUT2D eigenvalue weighted by molar-refractivity contribution is 5.97. The van der Waals surface area contributed by atoms with Gasteiger partial charge in [0.1, 0.15) is 17.1 Å². The van der Waals surface area contributed by atoms with Crippen molar-refractivity contribution in [1.82, 2.24) is 4.57 Å². The number of carbonyl (C=O) groups is 1. The molecule has 0 amide bonds. The molecule has 0 bridgehead atoms. The van der Waals surface area contributed by atoms with E-state index in [2.05, 4.69) is 0 Å². The van der Waals surface area contributed by atoms with Crippen LogP contribution in [0, 0.1) is 5.82 Å². The average Bonchev–Trinajstić information content (AvgIpc) is 2.99. The van der Waals surface area contributed by atoms with E-state index in [-0.39, 0.29) is 5.82 Å². The van der Waals surface area contributed by atoms with E-state index in [0.29, 0.717) is 29.8 Å². The molecule has 1 heterocycles. The summed E-state index contributed by atoms with van der Waals surface area (Å²) < 4.78 is 22.2. The van der Waals surface area contributed by atoms with Crippen LogP contribution in [0.1, 0.15) is 49.3 Å². The summed E-state index contributed by atoms with van der Waals surface area (Å²) in [6, 6.07) is 16.5. The fourth-order valence-electron chi connectivity index (χ4n) is 3.30. The lowest BCUT2D eigenvalue weighted by molar-refractivity contribution is 0.00592. The molecule has 0 radical (unpaired) electrons. The lowest BCUT2D eigenvalue weighted by Crippen LogP contribution is -2.26. The molecule has 3 rings (SSSR count). The summed E-state index contributed by atoms with van der Waals surface area (Å²) >= 11 is 0. The van der Waals surface area contributed by atoms with Gasteiger partial charge in [0.15, 0.2) is 0 Å². The van der Waals surface area contributed by atoms with Crippen LogP contribution in [0.5, 0.6) is 0 Å². The highest BCUT2D eigenvalue weighted by atomic mass is 19.1. The molecule has 0 saturated heterocycles. The van der Waals surface area contributed by atoms with Crippen LogP contribution in [0.3, 0.4) is 0 Å². The van der Waals surface area contributed by atoms with E-state index >= 15 is 0 Å². The van der Waals surface area contributed by atoms with Gasteiger partial charge in [0.2, 0.25) is 0 Å². The first-order valence-electron chi connectivity index (χ1n) is 9.54. The van der Waals surface area contributed by atoms with E-state index < -0.39 is 11.6 Å². The van der Waals surface area contributed by atoms with Gasteiger partial charge in [-0.05, 0) is 44.4 Å². The van der Waals surface area contributed by atoms with E-state index in [9.17, 15) is 9.18 Å². The fourth-order valence-corrected chi connectivity index (χ4v) is 3.30. The van der Waals surface area contributed by atoms with E-state index in [1.807, 2.05) is 68.8 Å². The number of rotatable bonds is 5. The molecule has 0 aliphatic heterocycles. The van der Waals surface area contributed by atoms with Crippen molar-refractivity contribution in [2.75, 3.05) is 0 Å². The zero-order valence-corrected chi connectivity index (χ0v) is 16.8. The molecule has 0 aliphatic rings. The standard InChI is InChI=1S/C24H26FNO2/c1-5-18-16-26(15-17-11-7-6-8-12-17)22(23(27)28-24(2,3)4)21(18)19-13-9-10-14-20(19)25/h6-14,16H,5,15H2,1-4H3. The van der Waals surface area contributed by atoms with Crippen LogP contribution < -0.4 is 0 Å². The van der Waals surface area contributed by atoms with Crippen molar-refractivity contribution in [3.05, 3.63) is 83.4 Å². The number of nitrogens with zero attached hydrogens (tertiary/aromatic N) is 1. The van der Waals surface area contributed by atoms with Gasteiger partial charge in [0, 0.05) is 23.9 Å². The van der Waals surface area contributed by atoms with Gasteiger partial charge < -0.3 is 9.30 Å². The summed E-state index contributed by atoms with van der Waals surface area (Å²) in [4.78, 5) is 13.1. The summed E-state index contributed by atoms with van der Waals surface area (Å²) in [5, 5.41) is 0. The zero-order valence-electron chi connectivity index (χ0n) is 16.8. The molecule has 3 nitrogen and oxygen atoms in total. The third-order valence-electron chi connectivity index (χ3n) is 4.47. The van der Waals surface area contributed by atoms with Gasteiger partial charge in [0.05, 0.1) is 0 Å². The first-order valence-corrected chi connectivity index (χ1v) is 9.54. The lowest BCUT2D eigenvalue weighted by Gasteiger charge is -2.21. The molecule has 0 atom stereocenters. The molecule has 0 unspecified atom stereocenters. The Kier molecular flexibility index (Phi) is 5.68. The Hall–Kier alpha value is -2.88. The van der Waals surface area contributed by atoms with Gasteiger partial charge in [-0.3, -0.25) is 0 Å². The smallest absolute Gasteiger partial charge is 0.356 e. The second-order valence-corrected chi connectivity index (χ2v) is 7.83. The highest BCUT2D eigenvalue weighted by Crippen LogP contribution is 2.33. The van der Waals surface area contributed by atoms with E-state index in [0.717, 1.165) is 11.1 Å². The third-order valence-corrected chi connectivity index (χ3v) is 4.47. The summed E-state index contributed by atoms with van der Waals surface area (Å²) in [6.07, 6.45) is 2.62. The normalized spacial score (nSPS) is 11.5. The Bertz CT molecular complexity index is 968. The first kappa shape index (κ1) is 19.9. The molecule has 0 fully saturated rings. The molecule has 3 aromatic rings. The maximum atomic E-state index is 14.6. The number of aryl methyl sites for hydroxylation is 1. The Morgan fingerprint density at radius 2 is 1.68 bits per heavy atom. The molecule has 0 saturated carbocycles. The SMILES string of the molecule is CCc1cn(Cc2ccccc2)c(C(=O)OC(C)(C)C)c1-c1ccccc1F. The van der Waals surface area contributed by atoms with Crippen LogP contribution in [0.4, 0.5) is 4.39 Å². The zero-order chi connectivity index (χ0) is 20.3. The Balaban J connectivity index is 2.19. The largest absolute Gasteiger partial charge is 0.455 e. The van der Waals surface area contributed by atoms with Crippen molar-refractivity contribution < 1.29 is 13.9 Å². The van der Waals surface area contributed by atoms with Crippen molar-refractivity contribution in [2.45, 2.75) is 46.3 Å². The quantitative estimate of drug-likeness (QED) is 0.520. The van der Waals surface area contributed by atoms with Crippen LogP contribution in [-0.2, 0) is 17.7 Å². The van der Waals surface area contributed by atoms with Crippen LogP contribution >= 0.6 is 0 Å². The topological polar surface area (TPSA) is 31.2 Å². The van der Waals surface area contributed by atoms with Gasteiger partial charge >= 0.3 is 5.97 Å². The maximum Gasteiger partial charge on any atom is 0.356 e. The fraction of sp³-hybridized carbons (Fsp3) is 0.292. The predicted octanol–water partition coefficient (Wildman–Crippen LogP) is 5.86. The summed E-state index contributed by atoms with van der Waals surface area (Å²) in [5.74, 6) is -0.791. The number of aromatic nitrogens is 1. The number of hydrogen-bond acceptors (Lipinski definition) is 2.